The highest BCUT2D eigenvalue weighted by Gasteiger charge is 2.32. The number of fused-ring (bicyclic) bond motifs is 1. The number of para-hydroxylation sites is 1. The van der Waals surface area contributed by atoms with E-state index in [-0.39, 0.29) is 29.6 Å². The molecule has 7 nitrogen and oxygen atoms in total. The van der Waals surface area contributed by atoms with Gasteiger partial charge in [0.2, 0.25) is 0 Å². The van der Waals surface area contributed by atoms with E-state index in [4.69, 9.17) is 9.84 Å². The lowest BCUT2D eigenvalue weighted by Crippen LogP contribution is -2.46. The van der Waals surface area contributed by atoms with Crippen LogP contribution in [0.25, 0.3) is 22.0 Å². The topological polar surface area (TPSA) is 89.0 Å². The summed E-state index contributed by atoms with van der Waals surface area (Å²) in [5.74, 6) is -1.13. The first-order chi connectivity index (χ1) is 17.1. The number of carbonyl (C=O) groups excluding carboxylic acids is 1. The number of rotatable bonds is 7. The van der Waals surface area contributed by atoms with Crippen LogP contribution in [0.15, 0.2) is 54.7 Å². The molecule has 0 spiro atoms. The van der Waals surface area contributed by atoms with E-state index in [1.807, 2.05) is 0 Å². The minimum absolute atomic E-state index is 0.0227. The molecule has 2 heterocycles. The van der Waals surface area contributed by atoms with E-state index in [1.165, 1.54) is 24.4 Å². The Kier molecular flexibility index (Phi) is 7.32. The highest BCUT2D eigenvalue weighted by atomic mass is 19.4. The van der Waals surface area contributed by atoms with Gasteiger partial charge < -0.3 is 19.5 Å². The molecule has 0 saturated carbocycles. The van der Waals surface area contributed by atoms with Crippen LogP contribution in [0.4, 0.5) is 13.2 Å². The number of halogens is 3. The lowest BCUT2D eigenvalue weighted by molar-refractivity contribution is -0.274. The molecule has 4 rings (SSSR count). The minimum atomic E-state index is -4.83. The molecule has 2 atom stereocenters. The van der Waals surface area contributed by atoms with Gasteiger partial charge in [-0.3, -0.25) is 14.6 Å². The molecule has 0 bridgehead atoms. The second kappa shape index (κ2) is 10.4. The van der Waals surface area contributed by atoms with Crippen LogP contribution in [0.3, 0.4) is 0 Å². The summed E-state index contributed by atoms with van der Waals surface area (Å²) in [6.07, 6.45) is -2.63. The van der Waals surface area contributed by atoms with Gasteiger partial charge in [0.25, 0.3) is 5.91 Å². The second-order valence-electron chi connectivity index (χ2n) is 8.73. The number of benzene rings is 2. The zero-order chi connectivity index (χ0) is 25.9. The molecule has 3 aromatic rings. The number of carboxylic acid groups (broad SMARTS) is 1. The number of pyridine rings is 1. The van der Waals surface area contributed by atoms with Crippen molar-refractivity contribution in [3.05, 3.63) is 54.7 Å². The second-order valence-corrected chi connectivity index (χ2v) is 8.73. The predicted octanol–water partition coefficient (Wildman–Crippen LogP) is 5.28. The number of carbonyl (C=O) groups is 2. The quantitative estimate of drug-likeness (QED) is 0.473. The van der Waals surface area contributed by atoms with Gasteiger partial charge in [-0.2, -0.15) is 0 Å². The lowest BCUT2D eigenvalue weighted by Gasteiger charge is -2.33. The monoisotopic (exact) mass is 502 g/mol. The zero-order valence-corrected chi connectivity index (χ0v) is 19.5. The number of ether oxygens (including phenoxy) is 2. The normalized spacial score (nSPS) is 17.0. The summed E-state index contributed by atoms with van der Waals surface area (Å²) in [6, 6.07) is 12.4. The summed E-state index contributed by atoms with van der Waals surface area (Å²) in [5, 5.41) is 9.64. The molecule has 1 aromatic heterocycles. The Balaban J connectivity index is 1.53. The molecular formula is C26H25F3N2O5. The third kappa shape index (κ3) is 6.05. The van der Waals surface area contributed by atoms with Gasteiger partial charge in [0.15, 0.2) is 6.10 Å². The molecule has 2 aromatic carbocycles. The maximum absolute atomic E-state index is 12.9. The molecule has 190 valence electrons. The number of aromatic nitrogens is 1. The maximum Gasteiger partial charge on any atom is 0.573 e. The van der Waals surface area contributed by atoms with Crippen molar-refractivity contribution in [3.63, 3.8) is 0 Å². The summed E-state index contributed by atoms with van der Waals surface area (Å²) >= 11 is 0. The van der Waals surface area contributed by atoms with Crippen LogP contribution in [-0.4, -0.2) is 52.4 Å². The van der Waals surface area contributed by atoms with Gasteiger partial charge in [0.05, 0.1) is 5.52 Å². The van der Waals surface area contributed by atoms with Crippen molar-refractivity contribution >= 4 is 22.8 Å². The standard InChI is InChI=1S/C26H25F3N2O5/c1-16(25(34)31-12-4-5-17(15-31)13-24(32)33)35-18-8-9-20-19(10-11-30-22(20)14-18)21-6-2-3-7-23(21)36-26(27,28)29/h2-3,6-11,14,16-17H,4-5,12-13,15H2,1H3,(H,32,33)/t16?,17-/m1/s1. The molecule has 1 fully saturated rings. The molecule has 1 amide bonds. The molecule has 1 saturated heterocycles. The smallest absolute Gasteiger partial charge is 0.481 e. The third-order valence-electron chi connectivity index (χ3n) is 6.07. The maximum atomic E-state index is 12.9. The third-order valence-corrected chi connectivity index (χ3v) is 6.07. The van der Waals surface area contributed by atoms with Crippen LogP contribution in [0.5, 0.6) is 11.5 Å². The summed E-state index contributed by atoms with van der Waals surface area (Å²) in [7, 11) is 0. The number of likely N-dealkylation sites (tertiary alicyclic amines) is 1. The molecule has 36 heavy (non-hydrogen) atoms. The van der Waals surface area contributed by atoms with Gasteiger partial charge in [-0.05, 0) is 55.5 Å². The fourth-order valence-electron chi connectivity index (χ4n) is 4.53. The van der Waals surface area contributed by atoms with Crippen molar-refractivity contribution < 1.29 is 37.3 Å². The van der Waals surface area contributed by atoms with Crippen LogP contribution in [0, 0.1) is 5.92 Å². The Morgan fingerprint density at radius 1 is 1.17 bits per heavy atom. The summed E-state index contributed by atoms with van der Waals surface area (Å²) in [4.78, 5) is 29.9. The van der Waals surface area contributed by atoms with Crippen LogP contribution >= 0.6 is 0 Å². The van der Waals surface area contributed by atoms with E-state index in [0.29, 0.717) is 35.3 Å². The average Bonchev–Trinajstić information content (AvgIpc) is 2.82. The van der Waals surface area contributed by atoms with Crippen LogP contribution in [-0.2, 0) is 9.59 Å². The SMILES string of the molecule is CC(Oc1ccc2c(-c3ccccc3OC(F)(F)F)ccnc2c1)C(=O)N1CCC[C@H](CC(=O)O)C1. The van der Waals surface area contributed by atoms with Gasteiger partial charge in [-0.1, -0.05) is 18.2 Å². The predicted molar refractivity (Wildman–Crippen MR) is 126 cm³/mol. The molecule has 1 aliphatic rings. The molecule has 0 aliphatic carbocycles. The van der Waals surface area contributed by atoms with Gasteiger partial charge in [-0.15, -0.1) is 13.2 Å². The highest BCUT2D eigenvalue weighted by molar-refractivity contribution is 5.96. The van der Waals surface area contributed by atoms with Crippen molar-refractivity contribution in [2.24, 2.45) is 5.92 Å². The van der Waals surface area contributed by atoms with E-state index >= 15 is 0 Å². The van der Waals surface area contributed by atoms with E-state index in [2.05, 4.69) is 9.72 Å². The number of carboxylic acids is 1. The Hall–Kier alpha value is -3.82. The Bertz CT molecular complexity index is 1260. The molecule has 1 N–H and O–H groups in total. The first kappa shape index (κ1) is 25.3. The number of amides is 1. The first-order valence-corrected chi connectivity index (χ1v) is 11.5. The van der Waals surface area contributed by atoms with Crippen molar-refractivity contribution in [3.8, 4) is 22.6 Å². The highest BCUT2D eigenvalue weighted by Crippen LogP contribution is 2.37. The van der Waals surface area contributed by atoms with Crippen molar-refractivity contribution in [1.29, 1.82) is 0 Å². The number of hydrogen-bond donors (Lipinski definition) is 1. The zero-order valence-electron chi connectivity index (χ0n) is 19.5. The number of nitrogens with zero attached hydrogens (tertiary/aromatic N) is 2. The lowest BCUT2D eigenvalue weighted by atomic mass is 9.94. The van der Waals surface area contributed by atoms with E-state index in [0.717, 1.165) is 12.8 Å². The minimum Gasteiger partial charge on any atom is -0.481 e. The van der Waals surface area contributed by atoms with Gasteiger partial charge in [0.1, 0.15) is 11.5 Å². The van der Waals surface area contributed by atoms with Crippen LogP contribution in [0.1, 0.15) is 26.2 Å². The fraction of sp³-hybridized carbons (Fsp3) is 0.346. The number of hydrogen-bond acceptors (Lipinski definition) is 5. The number of aliphatic carboxylic acids is 1. The Morgan fingerprint density at radius 2 is 1.94 bits per heavy atom. The van der Waals surface area contributed by atoms with E-state index in [9.17, 15) is 22.8 Å². The van der Waals surface area contributed by atoms with Crippen LogP contribution in [0.2, 0.25) is 0 Å². The first-order valence-electron chi connectivity index (χ1n) is 11.5. The molecule has 1 aliphatic heterocycles. The fourth-order valence-corrected chi connectivity index (χ4v) is 4.53. The van der Waals surface area contributed by atoms with Crippen molar-refractivity contribution in [2.45, 2.75) is 38.7 Å². The van der Waals surface area contributed by atoms with Crippen molar-refractivity contribution in [2.75, 3.05) is 13.1 Å². The Morgan fingerprint density at radius 3 is 2.69 bits per heavy atom. The van der Waals surface area contributed by atoms with Gasteiger partial charge >= 0.3 is 12.3 Å². The average molecular weight is 502 g/mol. The van der Waals surface area contributed by atoms with Crippen molar-refractivity contribution in [1.82, 2.24) is 9.88 Å². The molecule has 0 radical (unpaired) electrons. The van der Waals surface area contributed by atoms with Gasteiger partial charge in [0, 0.05) is 42.7 Å². The summed E-state index contributed by atoms with van der Waals surface area (Å²) < 4.78 is 48.8. The Labute approximate surface area is 205 Å². The number of alkyl halides is 3. The largest absolute Gasteiger partial charge is 0.573 e. The van der Waals surface area contributed by atoms with E-state index in [1.54, 1.807) is 42.2 Å². The van der Waals surface area contributed by atoms with Gasteiger partial charge in [-0.25, -0.2) is 0 Å². The van der Waals surface area contributed by atoms with E-state index < -0.39 is 18.4 Å². The molecular weight excluding hydrogens is 477 g/mol. The molecule has 10 heteroatoms. The summed E-state index contributed by atoms with van der Waals surface area (Å²) in [6.45, 7) is 2.55. The summed E-state index contributed by atoms with van der Waals surface area (Å²) in [5.41, 5.74) is 1.25. The molecule has 1 unspecified atom stereocenters. The van der Waals surface area contributed by atoms with Crippen LogP contribution < -0.4 is 9.47 Å². The number of piperidine rings is 1.